The van der Waals surface area contributed by atoms with Crippen LogP contribution >= 0.6 is 0 Å². The summed E-state index contributed by atoms with van der Waals surface area (Å²) in [6.45, 7) is 1.87. The van der Waals surface area contributed by atoms with E-state index in [2.05, 4.69) is 9.88 Å². The molecule has 0 aliphatic heterocycles. The number of rotatable bonds is 5. The number of aromatic nitrogens is 1. The zero-order valence-electron chi connectivity index (χ0n) is 8.26. The zero-order chi connectivity index (χ0) is 9.80. The molecule has 14 heavy (non-hydrogen) atoms. The number of hydrogen-bond donors (Lipinski definition) is 1. The van der Waals surface area contributed by atoms with Gasteiger partial charge in [0.25, 0.3) is 0 Å². The molecule has 0 aromatic carbocycles. The summed E-state index contributed by atoms with van der Waals surface area (Å²) in [5, 5.41) is 8.93. The second-order valence-electron chi connectivity index (χ2n) is 3.75. The van der Waals surface area contributed by atoms with E-state index >= 15 is 0 Å². The van der Waals surface area contributed by atoms with Crippen LogP contribution in [-0.4, -0.2) is 34.2 Å². The van der Waals surface area contributed by atoms with Crippen molar-refractivity contribution in [2.75, 3.05) is 13.2 Å². The average Bonchev–Trinajstić information content (AvgIpc) is 3.02. The summed E-state index contributed by atoms with van der Waals surface area (Å²) in [7, 11) is 0. The fraction of sp³-hybridized carbons (Fsp3) is 0.545. The van der Waals surface area contributed by atoms with Crippen molar-refractivity contribution in [2.45, 2.75) is 25.4 Å². The minimum absolute atomic E-state index is 0.239. The molecular formula is C11H16N2O. The Morgan fingerprint density at radius 1 is 1.43 bits per heavy atom. The van der Waals surface area contributed by atoms with Gasteiger partial charge in [0, 0.05) is 25.3 Å². The van der Waals surface area contributed by atoms with E-state index in [9.17, 15) is 0 Å². The number of aliphatic hydroxyl groups is 1. The van der Waals surface area contributed by atoms with Crippen molar-refractivity contribution in [3.8, 4) is 0 Å². The van der Waals surface area contributed by atoms with Crippen LogP contribution in [-0.2, 0) is 6.54 Å². The van der Waals surface area contributed by atoms with Gasteiger partial charge in [-0.15, -0.1) is 0 Å². The van der Waals surface area contributed by atoms with Gasteiger partial charge in [-0.2, -0.15) is 0 Å². The van der Waals surface area contributed by atoms with E-state index in [4.69, 9.17) is 5.11 Å². The number of pyridine rings is 1. The molecule has 1 saturated carbocycles. The van der Waals surface area contributed by atoms with Gasteiger partial charge in [-0.25, -0.2) is 0 Å². The molecule has 2 rings (SSSR count). The molecule has 1 aromatic heterocycles. The SMILES string of the molecule is OCCN(Cc1ccccn1)C1CC1. The fourth-order valence-corrected chi connectivity index (χ4v) is 1.66. The van der Waals surface area contributed by atoms with Crippen molar-refractivity contribution in [3.05, 3.63) is 30.1 Å². The Bertz CT molecular complexity index is 272. The summed E-state index contributed by atoms with van der Waals surface area (Å²) < 4.78 is 0. The van der Waals surface area contributed by atoms with Crippen molar-refractivity contribution < 1.29 is 5.11 Å². The molecule has 0 atom stereocenters. The third-order valence-corrected chi connectivity index (χ3v) is 2.54. The van der Waals surface area contributed by atoms with Crippen molar-refractivity contribution in [2.24, 2.45) is 0 Å². The summed E-state index contributed by atoms with van der Waals surface area (Å²) in [4.78, 5) is 6.60. The highest BCUT2D eigenvalue weighted by molar-refractivity contribution is 5.04. The maximum atomic E-state index is 8.93. The second kappa shape index (κ2) is 4.53. The number of hydrogen-bond acceptors (Lipinski definition) is 3. The molecule has 1 aliphatic carbocycles. The van der Waals surface area contributed by atoms with Gasteiger partial charge in [-0.1, -0.05) is 6.07 Å². The third kappa shape index (κ3) is 2.53. The Morgan fingerprint density at radius 3 is 2.86 bits per heavy atom. The standard InChI is InChI=1S/C11H16N2O/c14-8-7-13(11-4-5-11)9-10-3-1-2-6-12-10/h1-3,6,11,14H,4-5,7-9H2. The van der Waals surface area contributed by atoms with E-state index < -0.39 is 0 Å². The Kier molecular flexibility index (Phi) is 3.11. The molecule has 1 N–H and O–H groups in total. The molecule has 0 spiro atoms. The summed E-state index contributed by atoms with van der Waals surface area (Å²) in [5.41, 5.74) is 1.09. The molecule has 0 unspecified atom stereocenters. The van der Waals surface area contributed by atoms with Crippen molar-refractivity contribution in [1.82, 2.24) is 9.88 Å². The van der Waals surface area contributed by atoms with Crippen LogP contribution in [0.4, 0.5) is 0 Å². The molecule has 3 heteroatoms. The molecule has 76 valence electrons. The summed E-state index contributed by atoms with van der Waals surface area (Å²) in [5.74, 6) is 0. The highest BCUT2D eigenvalue weighted by Gasteiger charge is 2.28. The molecule has 0 radical (unpaired) electrons. The fourth-order valence-electron chi connectivity index (χ4n) is 1.66. The maximum Gasteiger partial charge on any atom is 0.0558 e. The molecular weight excluding hydrogens is 176 g/mol. The van der Waals surface area contributed by atoms with Gasteiger partial charge in [0.15, 0.2) is 0 Å². The Hall–Kier alpha value is -0.930. The van der Waals surface area contributed by atoms with Gasteiger partial charge in [-0.3, -0.25) is 9.88 Å². The van der Waals surface area contributed by atoms with E-state index in [1.807, 2.05) is 24.4 Å². The average molecular weight is 192 g/mol. The summed E-state index contributed by atoms with van der Waals surface area (Å²) >= 11 is 0. The summed E-state index contributed by atoms with van der Waals surface area (Å²) in [6.07, 6.45) is 4.36. The first-order valence-corrected chi connectivity index (χ1v) is 5.15. The van der Waals surface area contributed by atoms with Gasteiger partial charge in [-0.05, 0) is 25.0 Å². The van der Waals surface area contributed by atoms with E-state index in [-0.39, 0.29) is 6.61 Å². The first-order valence-electron chi connectivity index (χ1n) is 5.15. The van der Waals surface area contributed by atoms with Crippen LogP contribution < -0.4 is 0 Å². The maximum absolute atomic E-state index is 8.93. The van der Waals surface area contributed by atoms with Crippen LogP contribution in [0.3, 0.4) is 0 Å². The predicted molar refractivity (Wildman–Crippen MR) is 54.8 cm³/mol. The quantitative estimate of drug-likeness (QED) is 0.757. The van der Waals surface area contributed by atoms with Gasteiger partial charge >= 0.3 is 0 Å². The molecule has 3 nitrogen and oxygen atoms in total. The topological polar surface area (TPSA) is 36.4 Å². The lowest BCUT2D eigenvalue weighted by atomic mass is 10.3. The Morgan fingerprint density at radius 2 is 2.29 bits per heavy atom. The van der Waals surface area contributed by atoms with Gasteiger partial charge in [0.1, 0.15) is 0 Å². The first-order chi connectivity index (χ1) is 6.90. The smallest absolute Gasteiger partial charge is 0.0558 e. The molecule has 0 amide bonds. The highest BCUT2D eigenvalue weighted by Crippen LogP contribution is 2.27. The molecule has 0 bridgehead atoms. The molecule has 1 fully saturated rings. The first kappa shape index (κ1) is 9.62. The van der Waals surface area contributed by atoms with Crippen LogP contribution in [0, 0.1) is 0 Å². The van der Waals surface area contributed by atoms with Crippen LogP contribution in [0.5, 0.6) is 0 Å². The van der Waals surface area contributed by atoms with E-state index in [1.54, 1.807) is 0 Å². The largest absolute Gasteiger partial charge is 0.395 e. The van der Waals surface area contributed by atoms with Crippen molar-refractivity contribution in [1.29, 1.82) is 0 Å². The third-order valence-electron chi connectivity index (χ3n) is 2.54. The van der Waals surface area contributed by atoms with Gasteiger partial charge in [0.2, 0.25) is 0 Å². The molecule has 1 heterocycles. The lowest BCUT2D eigenvalue weighted by molar-refractivity contribution is 0.182. The highest BCUT2D eigenvalue weighted by atomic mass is 16.3. The van der Waals surface area contributed by atoms with Crippen LogP contribution in [0.1, 0.15) is 18.5 Å². The lowest BCUT2D eigenvalue weighted by Gasteiger charge is -2.19. The molecule has 1 aromatic rings. The number of aliphatic hydroxyl groups excluding tert-OH is 1. The molecule has 1 aliphatic rings. The minimum atomic E-state index is 0.239. The second-order valence-corrected chi connectivity index (χ2v) is 3.75. The van der Waals surface area contributed by atoms with Gasteiger partial charge in [0.05, 0.1) is 12.3 Å². The van der Waals surface area contributed by atoms with E-state index in [1.165, 1.54) is 12.8 Å². The van der Waals surface area contributed by atoms with Crippen molar-refractivity contribution in [3.63, 3.8) is 0 Å². The predicted octanol–water partition coefficient (Wildman–Crippen LogP) is 1.04. The van der Waals surface area contributed by atoms with E-state index in [0.717, 1.165) is 18.8 Å². The monoisotopic (exact) mass is 192 g/mol. The van der Waals surface area contributed by atoms with Crippen LogP contribution in [0.2, 0.25) is 0 Å². The van der Waals surface area contributed by atoms with Gasteiger partial charge < -0.3 is 5.11 Å². The lowest BCUT2D eigenvalue weighted by Crippen LogP contribution is -2.28. The van der Waals surface area contributed by atoms with Crippen LogP contribution in [0.25, 0.3) is 0 Å². The minimum Gasteiger partial charge on any atom is -0.395 e. The summed E-state index contributed by atoms with van der Waals surface area (Å²) in [6, 6.07) is 6.65. The normalized spacial score (nSPS) is 16.1. The van der Waals surface area contributed by atoms with E-state index in [0.29, 0.717) is 6.04 Å². The number of nitrogens with zero attached hydrogens (tertiary/aromatic N) is 2. The Balaban J connectivity index is 1.93. The zero-order valence-corrected chi connectivity index (χ0v) is 8.26. The Labute approximate surface area is 84.4 Å². The molecule has 0 saturated heterocycles. The van der Waals surface area contributed by atoms with Crippen LogP contribution in [0.15, 0.2) is 24.4 Å². The van der Waals surface area contributed by atoms with Crippen molar-refractivity contribution >= 4 is 0 Å².